The molecule has 282 valence electrons. The first-order chi connectivity index (χ1) is 23.2. The van der Waals surface area contributed by atoms with Gasteiger partial charge < -0.3 is 9.90 Å². The molecule has 0 aromatic rings. The molecule has 3 nitrogen and oxygen atoms in total. The zero-order valence-electron chi connectivity index (χ0n) is 33.9. The van der Waals surface area contributed by atoms with Crippen LogP contribution in [0.15, 0.2) is 0 Å². The van der Waals surface area contributed by atoms with Gasteiger partial charge >= 0.3 is 29.6 Å². The third kappa shape index (κ3) is 37.7. The molecule has 0 aliphatic heterocycles. The molecule has 0 aliphatic rings. The summed E-state index contributed by atoms with van der Waals surface area (Å²) >= 11 is 0. The van der Waals surface area contributed by atoms with Crippen molar-refractivity contribution in [1.82, 2.24) is 4.90 Å². The number of carbonyl (C=O) groups is 1. The van der Waals surface area contributed by atoms with E-state index >= 15 is 0 Å². The minimum Gasteiger partial charge on any atom is -0.548 e. The predicted molar refractivity (Wildman–Crippen MR) is 208 cm³/mol. The van der Waals surface area contributed by atoms with Crippen molar-refractivity contribution >= 4 is 5.97 Å². The van der Waals surface area contributed by atoms with Gasteiger partial charge in [-0.2, -0.15) is 0 Å². The molecule has 0 fully saturated rings. The topological polar surface area (TPSA) is 43.4 Å². The maximum atomic E-state index is 11.8. The average Bonchev–Trinajstić information content (AvgIpc) is 3.07. The fourth-order valence-electron chi connectivity index (χ4n) is 7.43. The molecule has 1 unspecified atom stereocenters. The first-order valence-electron chi connectivity index (χ1n) is 22.1. The first-order valence-corrected chi connectivity index (χ1v) is 22.1. The quantitative estimate of drug-likeness (QED) is 0.0475. The normalized spacial score (nSPS) is 12.1. The van der Waals surface area contributed by atoms with Crippen LogP contribution in [-0.2, 0) is 4.79 Å². The molecular weight excluding hydrogens is 597 g/mol. The summed E-state index contributed by atoms with van der Waals surface area (Å²) in [5, 5.41) is 11.8. The van der Waals surface area contributed by atoms with E-state index in [1.807, 2.05) is 6.92 Å². The standard InChI is InChI=1S/C44H89NO2.Na/c1-4-7-9-11-13-15-17-19-21-23-25-27-29-31-33-35-37-39-41-45(43(6-3)44(46)47)42-40-38-36-34-32-30-28-26-24-22-20-18-16-14-12-10-8-5-2;/h43H,4-42H2,1-3H3,(H,46,47);/q;+1/p-1. The molecular formula is C44H88NNaO2. The molecule has 0 bridgehead atoms. The van der Waals surface area contributed by atoms with Crippen LogP contribution >= 0.6 is 0 Å². The van der Waals surface area contributed by atoms with Crippen LogP contribution in [0.2, 0.25) is 0 Å². The molecule has 0 spiro atoms. The zero-order valence-corrected chi connectivity index (χ0v) is 35.9. The van der Waals surface area contributed by atoms with E-state index in [4.69, 9.17) is 0 Å². The van der Waals surface area contributed by atoms with Crippen molar-refractivity contribution < 1.29 is 39.5 Å². The molecule has 48 heavy (non-hydrogen) atoms. The van der Waals surface area contributed by atoms with Crippen molar-refractivity contribution in [3.05, 3.63) is 0 Å². The Labute approximate surface area is 326 Å². The maximum absolute atomic E-state index is 11.8. The van der Waals surface area contributed by atoms with Gasteiger partial charge in [0.05, 0.1) is 5.97 Å². The average molecular weight is 686 g/mol. The molecule has 0 rings (SSSR count). The van der Waals surface area contributed by atoms with Gasteiger partial charge in [-0.15, -0.1) is 0 Å². The SMILES string of the molecule is CCCCCCCCCCCCCCCCCCCCN(CCCCCCCCCCCCCCCCCCCC)C(CC)C(=O)[O-].[Na+]. The van der Waals surface area contributed by atoms with E-state index < -0.39 is 12.0 Å². The molecule has 0 aromatic carbocycles. The summed E-state index contributed by atoms with van der Waals surface area (Å²) in [5.41, 5.74) is 0. The van der Waals surface area contributed by atoms with Gasteiger partial charge in [0.25, 0.3) is 0 Å². The number of hydrogen-bond donors (Lipinski definition) is 0. The Hall–Kier alpha value is 0.430. The van der Waals surface area contributed by atoms with Gasteiger partial charge in [0.15, 0.2) is 0 Å². The first kappa shape index (κ1) is 50.5. The molecule has 0 saturated carbocycles. The Morgan fingerprint density at radius 3 is 0.729 bits per heavy atom. The smallest absolute Gasteiger partial charge is 0.548 e. The summed E-state index contributed by atoms with van der Waals surface area (Å²) in [6.07, 6.45) is 50.5. The number of aliphatic carboxylic acids is 1. The van der Waals surface area contributed by atoms with Crippen LogP contribution in [0.4, 0.5) is 0 Å². The molecule has 0 aliphatic carbocycles. The summed E-state index contributed by atoms with van der Waals surface area (Å²) in [7, 11) is 0. The number of hydrogen-bond acceptors (Lipinski definition) is 3. The molecule has 0 aromatic heterocycles. The minimum atomic E-state index is -0.877. The van der Waals surface area contributed by atoms with Gasteiger partial charge in [0, 0.05) is 6.04 Å². The summed E-state index contributed by atoms with van der Waals surface area (Å²) < 4.78 is 0. The van der Waals surface area contributed by atoms with Gasteiger partial charge in [-0.25, -0.2) is 0 Å². The van der Waals surface area contributed by atoms with E-state index in [2.05, 4.69) is 18.7 Å². The van der Waals surface area contributed by atoms with E-state index in [-0.39, 0.29) is 29.6 Å². The second kappa shape index (κ2) is 43.6. The van der Waals surface area contributed by atoms with E-state index in [1.54, 1.807) is 0 Å². The van der Waals surface area contributed by atoms with Crippen molar-refractivity contribution in [3.8, 4) is 0 Å². The van der Waals surface area contributed by atoms with Crippen molar-refractivity contribution in [1.29, 1.82) is 0 Å². The van der Waals surface area contributed by atoms with Gasteiger partial charge in [-0.1, -0.05) is 239 Å². The molecule has 0 N–H and O–H groups in total. The van der Waals surface area contributed by atoms with Gasteiger partial charge in [0.2, 0.25) is 0 Å². The number of unbranched alkanes of at least 4 members (excludes halogenated alkanes) is 34. The number of carbonyl (C=O) groups excluding carboxylic acids is 1. The van der Waals surface area contributed by atoms with Crippen LogP contribution in [0.5, 0.6) is 0 Å². The summed E-state index contributed by atoms with van der Waals surface area (Å²) in [4.78, 5) is 14.0. The van der Waals surface area contributed by atoms with E-state index in [9.17, 15) is 9.90 Å². The number of carboxylic acid groups (broad SMARTS) is 1. The number of rotatable bonds is 41. The summed E-state index contributed by atoms with van der Waals surface area (Å²) in [6, 6.07) is -0.411. The minimum absolute atomic E-state index is 0. The van der Waals surface area contributed by atoms with Crippen molar-refractivity contribution in [2.75, 3.05) is 13.1 Å². The molecule has 0 amide bonds. The fourth-order valence-corrected chi connectivity index (χ4v) is 7.43. The van der Waals surface area contributed by atoms with Crippen molar-refractivity contribution in [2.24, 2.45) is 0 Å². The van der Waals surface area contributed by atoms with Crippen LogP contribution in [0, 0.1) is 0 Å². The van der Waals surface area contributed by atoms with Crippen LogP contribution in [0.3, 0.4) is 0 Å². The van der Waals surface area contributed by atoms with Gasteiger partial charge in [-0.05, 0) is 32.4 Å². The summed E-state index contributed by atoms with van der Waals surface area (Å²) in [5.74, 6) is -0.877. The van der Waals surface area contributed by atoms with E-state index in [0.29, 0.717) is 6.42 Å². The molecule has 1 atom stereocenters. The molecule has 0 saturated heterocycles. The molecule has 4 heteroatoms. The second-order valence-corrected chi connectivity index (χ2v) is 15.3. The predicted octanol–water partition coefficient (Wildman–Crippen LogP) is 10.9. The largest absolute Gasteiger partial charge is 1.00 e. The zero-order chi connectivity index (χ0) is 34.3. The Bertz CT molecular complexity index is 560. The Morgan fingerprint density at radius 1 is 0.375 bits per heavy atom. The van der Waals surface area contributed by atoms with Gasteiger partial charge in [0.1, 0.15) is 0 Å². The van der Waals surface area contributed by atoms with Crippen LogP contribution in [0.25, 0.3) is 0 Å². The van der Waals surface area contributed by atoms with Crippen LogP contribution < -0.4 is 34.7 Å². The van der Waals surface area contributed by atoms with Gasteiger partial charge in [-0.3, -0.25) is 4.90 Å². The summed E-state index contributed by atoms with van der Waals surface area (Å²) in [6.45, 7) is 8.43. The Morgan fingerprint density at radius 2 is 0.562 bits per heavy atom. The third-order valence-electron chi connectivity index (χ3n) is 10.7. The maximum Gasteiger partial charge on any atom is 1.00 e. The van der Waals surface area contributed by atoms with Crippen molar-refractivity contribution in [2.45, 2.75) is 264 Å². The third-order valence-corrected chi connectivity index (χ3v) is 10.7. The molecule has 0 radical (unpaired) electrons. The fraction of sp³-hybridized carbons (Fsp3) is 0.977. The second-order valence-electron chi connectivity index (χ2n) is 15.3. The number of carboxylic acids is 1. The van der Waals surface area contributed by atoms with E-state index in [0.717, 1.165) is 25.9 Å². The van der Waals surface area contributed by atoms with E-state index in [1.165, 1.54) is 218 Å². The molecule has 0 heterocycles. The Balaban J connectivity index is 0. The Kier molecular flexibility index (Phi) is 45.9. The monoisotopic (exact) mass is 686 g/mol. The van der Waals surface area contributed by atoms with Crippen LogP contribution in [0.1, 0.15) is 258 Å². The van der Waals surface area contributed by atoms with Crippen molar-refractivity contribution in [3.63, 3.8) is 0 Å². The van der Waals surface area contributed by atoms with Crippen LogP contribution in [-0.4, -0.2) is 30.0 Å². The number of nitrogens with zero attached hydrogens (tertiary/aromatic N) is 1.